The second-order valence-electron chi connectivity index (χ2n) is 6.01. The van der Waals surface area contributed by atoms with E-state index >= 15 is 0 Å². The molecule has 0 fully saturated rings. The van der Waals surface area contributed by atoms with Gasteiger partial charge in [-0.25, -0.2) is 9.37 Å². The summed E-state index contributed by atoms with van der Waals surface area (Å²) >= 11 is 0. The SMILES string of the molecule is CC.NC(=O)c1nc(-c2cccc(-c3ccccc3-c3ccc(F)cc3)c2)n[nH]1. The van der Waals surface area contributed by atoms with Gasteiger partial charge < -0.3 is 5.73 Å². The van der Waals surface area contributed by atoms with E-state index in [1.165, 1.54) is 12.1 Å². The number of rotatable bonds is 4. The molecule has 0 aliphatic rings. The number of aromatic amines is 1. The van der Waals surface area contributed by atoms with Crippen molar-refractivity contribution in [3.05, 3.63) is 84.4 Å². The molecule has 3 aromatic carbocycles. The lowest BCUT2D eigenvalue weighted by atomic mass is 9.94. The van der Waals surface area contributed by atoms with Crippen LogP contribution in [0.1, 0.15) is 24.5 Å². The van der Waals surface area contributed by atoms with Gasteiger partial charge in [-0.2, -0.15) is 5.10 Å². The lowest BCUT2D eigenvalue weighted by Gasteiger charge is -2.11. The topological polar surface area (TPSA) is 84.7 Å². The minimum absolute atomic E-state index is 0.0158. The van der Waals surface area contributed by atoms with E-state index in [2.05, 4.69) is 15.2 Å². The molecule has 0 atom stereocenters. The number of hydrogen-bond acceptors (Lipinski definition) is 3. The molecule has 29 heavy (non-hydrogen) atoms. The fourth-order valence-corrected chi connectivity index (χ4v) is 2.94. The monoisotopic (exact) mass is 388 g/mol. The van der Waals surface area contributed by atoms with Crippen LogP contribution < -0.4 is 5.73 Å². The van der Waals surface area contributed by atoms with Gasteiger partial charge in [0.25, 0.3) is 5.91 Å². The zero-order valence-electron chi connectivity index (χ0n) is 16.2. The van der Waals surface area contributed by atoms with Crippen molar-refractivity contribution >= 4 is 5.91 Å². The van der Waals surface area contributed by atoms with Gasteiger partial charge in [0.1, 0.15) is 5.82 Å². The van der Waals surface area contributed by atoms with Gasteiger partial charge >= 0.3 is 0 Å². The van der Waals surface area contributed by atoms with E-state index in [1.807, 2.05) is 62.4 Å². The summed E-state index contributed by atoms with van der Waals surface area (Å²) in [4.78, 5) is 15.3. The van der Waals surface area contributed by atoms with Crippen molar-refractivity contribution in [3.8, 4) is 33.6 Å². The van der Waals surface area contributed by atoms with Gasteiger partial charge in [-0.1, -0.05) is 68.4 Å². The van der Waals surface area contributed by atoms with Crippen LogP contribution in [0.15, 0.2) is 72.8 Å². The van der Waals surface area contributed by atoms with Crippen LogP contribution in [0.2, 0.25) is 0 Å². The van der Waals surface area contributed by atoms with E-state index in [0.717, 1.165) is 27.8 Å². The number of primary amides is 1. The van der Waals surface area contributed by atoms with Crippen LogP contribution >= 0.6 is 0 Å². The Hall–Kier alpha value is -3.80. The standard InChI is InChI=1S/C21H15FN4O.C2H6/c22-16-10-8-13(9-11-16)17-6-1-2-7-18(17)14-4-3-5-15(12-14)20-24-21(19(23)27)26-25-20;1-2/h1-12H,(H2,23,27)(H,24,25,26);1-2H3. The second-order valence-corrected chi connectivity index (χ2v) is 6.01. The fourth-order valence-electron chi connectivity index (χ4n) is 2.94. The van der Waals surface area contributed by atoms with E-state index < -0.39 is 5.91 Å². The van der Waals surface area contributed by atoms with Gasteiger partial charge in [0.15, 0.2) is 5.82 Å². The molecule has 3 N–H and O–H groups in total. The molecule has 4 rings (SSSR count). The summed E-state index contributed by atoms with van der Waals surface area (Å²) in [5.41, 5.74) is 9.84. The third-order valence-corrected chi connectivity index (χ3v) is 4.23. The average Bonchev–Trinajstić information content (AvgIpc) is 3.27. The molecule has 0 aliphatic carbocycles. The number of nitrogens with two attached hydrogens (primary N) is 1. The molecule has 0 spiro atoms. The van der Waals surface area contributed by atoms with E-state index in [4.69, 9.17) is 5.73 Å². The van der Waals surface area contributed by atoms with E-state index in [9.17, 15) is 9.18 Å². The Bertz CT molecular complexity index is 1120. The lowest BCUT2D eigenvalue weighted by Crippen LogP contribution is -2.12. The maximum atomic E-state index is 13.3. The highest BCUT2D eigenvalue weighted by Gasteiger charge is 2.12. The van der Waals surface area contributed by atoms with Gasteiger partial charge in [-0.3, -0.25) is 9.89 Å². The molecule has 0 saturated carbocycles. The van der Waals surface area contributed by atoms with E-state index in [-0.39, 0.29) is 11.6 Å². The first-order chi connectivity index (χ1) is 14.1. The van der Waals surface area contributed by atoms with Crippen LogP contribution in [0.5, 0.6) is 0 Å². The number of benzene rings is 3. The maximum absolute atomic E-state index is 13.3. The number of nitrogens with zero attached hydrogens (tertiary/aromatic N) is 2. The molecule has 0 radical (unpaired) electrons. The molecule has 1 heterocycles. The summed E-state index contributed by atoms with van der Waals surface area (Å²) in [6.45, 7) is 4.00. The Morgan fingerprint density at radius 1 is 0.862 bits per heavy atom. The van der Waals surface area contributed by atoms with Crippen LogP contribution in [-0.4, -0.2) is 21.1 Å². The smallest absolute Gasteiger partial charge is 0.286 e. The first kappa shape index (κ1) is 19.9. The zero-order chi connectivity index (χ0) is 20.8. The Morgan fingerprint density at radius 3 is 2.10 bits per heavy atom. The van der Waals surface area contributed by atoms with Crippen molar-refractivity contribution < 1.29 is 9.18 Å². The van der Waals surface area contributed by atoms with Crippen molar-refractivity contribution in [2.75, 3.05) is 0 Å². The molecule has 6 heteroatoms. The number of hydrogen-bond donors (Lipinski definition) is 2. The first-order valence-corrected chi connectivity index (χ1v) is 9.30. The summed E-state index contributed by atoms with van der Waals surface area (Å²) in [7, 11) is 0. The second kappa shape index (κ2) is 8.93. The molecule has 0 bridgehead atoms. The lowest BCUT2D eigenvalue weighted by molar-refractivity contribution is 0.0991. The normalized spacial score (nSPS) is 10.2. The number of halogens is 1. The van der Waals surface area contributed by atoms with Gasteiger partial charge in [-0.15, -0.1) is 0 Å². The summed E-state index contributed by atoms with van der Waals surface area (Å²) in [5.74, 6) is -0.522. The molecule has 4 aromatic rings. The molecule has 146 valence electrons. The van der Waals surface area contributed by atoms with Crippen molar-refractivity contribution in [2.45, 2.75) is 13.8 Å². The van der Waals surface area contributed by atoms with Crippen LogP contribution in [0.25, 0.3) is 33.6 Å². The van der Waals surface area contributed by atoms with Gasteiger partial charge in [0, 0.05) is 5.56 Å². The fraction of sp³-hybridized carbons (Fsp3) is 0.0870. The Balaban J connectivity index is 0.00000117. The molecular formula is C23H21FN4O. The molecule has 1 amide bonds. The first-order valence-electron chi connectivity index (χ1n) is 9.30. The Labute approximate surface area is 168 Å². The van der Waals surface area contributed by atoms with Crippen LogP contribution in [0, 0.1) is 5.82 Å². The molecule has 0 saturated heterocycles. The zero-order valence-corrected chi connectivity index (χ0v) is 16.2. The predicted octanol–water partition coefficient (Wildman–Crippen LogP) is 5.07. The summed E-state index contributed by atoms with van der Waals surface area (Å²) in [6, 6.07) is 22.0. The minimum atomic E-state index is -0.661. The molecule has 1 aromatic heterocycles. The van der Waals surface area contributed by atoms with Crippen LogP contribution in [-0.2, 0) is 0 Å². The largest absolute Gasteiger partial charge is 0.363 e. The summed E-state index contributed by atoms with van der Waals surface area (Å²) < 4.78 is 13.3. The predicted molar refractivity (Wildman–Crippen MR) is 113 cm³/mol. The third-order valence-electron chi connectivity index (χ3n) is 4.23. The van der Waals surface area contributed by atoms with Crippen LogP contribution in [0.3, 0.4) is 0 Å². The number of aromatic nitrogens is 3. The van der Waals surface area contributed by atoms with Crippen LogP contribution in [0.4, 0.5) is 4.39 Å². The Morgan fingerprint density at radius 2 is 1.48 bits per heavy atom. The summed E-state index contributed by atoms with van der Waals surface area (Å²) in [6.07, 6.45) is 0. The number of carbonyl (C=O) groups excluding carboxylic acids is 1. The quantitative estimate of drug-likeness (QED) is 0.512. The average molecular weight is 388 g/mol. The molecule has 0 unspecified atom stereocenters. The molecular weight excluding hydrogens is 367 g/mol. The van der Waals surface area contributed by atoms with Gasteiger partial charge in [0.2, 0.25) is 5.82 Å². The third kappa shape index (κ3) is 4.38. The number of carbonyl (C=O) groups is 1. The van der Waals surface area contributed by atoms with Crippen molar-refractivity contribution in [2.24, 2.45) is 5.73 Å². The van der Waals surface area contributed by atoms with Gasteiger partial charge in [0.05, 0.1) is 0 Å². The molecule has 0 aliphatic heterocycles. The Kier molecular flexibility index (Phi) is 6.14. The summed E-state index contributed by atoms with van der Waals surface area (Å²) in [5, 5.41) is 6.59. The number of amides is 1. The van der Waals surface area contributed by atoms with E-state index in [0.29, 0.717) is 5.82 Å². The number of nitrogens with one attached hydrogen (secondary N) is 1. The molecule has 5 nitrogen and oxygen atoms in total. The van der Waals surface area contributed by atoms with Crippen molar-refractivity contribution in [3.63, 3.8) is 0 Å². The van der Waals surface area contributed by atoms with Crippen molar-refractivity contribution in [1.82, 2.24) is 15.2 Å². The highest BCUT2D eigenvalue weighted by molar-refractivity contribution is 5.89. The number of H-pyrrole nitrogens is 1. The maximum Gasteiger partial charge on any atom is 0.286 e. The minimum Gasteiger partial charge on any atom is -0.363 e. The van der Waals surface area contributed by atoms with Crippen molar-refractivity contribution in [1.29, 1.82) is 0 Å². The van der Waals surface area contributed by atoms with E-state index in [1.54, 1.807) is 12.1 Å². The highest BCUT2D eigenvalue weighted by Crippen LogP contribution is 2.33. The van der Waals surface area contributed by atoms with Gasteiger partial charge in [-0.05, 0) is 40.5 Å². The highest BCUT2D eigenvalue weighted by atomic mass is 19.1.